The fourth-order valence-electron chi connectivity index (χ4n) is 4.07. The molecule has 0 spiro atoms. The molecule has 1 amide bonds. The summed E-state index contributed by atoms with van der Waals surface area (Å²) in [6.07, 6.45) is -5.75. The van der Waals surface area contributed by atoms with Crippen LogP contribution in [-0.2, 0) is 20.8 Å². The molecule has 1 atom stereocenters. The molecule has 8 nitrogen and oxygen atoms in total. The second-order valence-electron chi connectivity index (χ2n) is 8.49. The number of rotatable bonds is 3. The zero-order valence-corrected chi connectivity index (χ0v) is 20.0. The second-order valence-corrected chi connectivity index (χ2v) is 10.9. The first kappa shape index (κ1) is 24.9. The topological polar surface area (TPSA) is 111 Å². The van der Waals surface area contributed by atoms with E-state index in [1.807, 2.05) is 0 Å². The molecular weight excluding hydrogens is 507 g/mol. The average Bonchev–Trinajstić information content (AvgIpc) is 2.95. The van der Waals surface area contributed by atoms with Crippen molar-refractivity contribution >= 4 is 44.4 Å². The number of carbonyl (C=O) groups is 1. The van der Waals surface area contributed by atoms with Crippen LogP contribution in [0, 0.1) is 11.3 Å². The maximum Gasteiger partial charge on any atom is 0.417 e. The Balaban J connectivity index is 1.80. The second kappa shape index (κ2) is 8.18. The normalized spacial score (nSPS) is 20.9. The Morgan fingerprint density at radius 2 is 1.89 bits per heavy atom. The van der Waals surface area contributed by atoms with Crippen molar-refractivity contribution in [1.82, 2.24) is 0 Å². The molecule has 2 aromatic carbocycles. The summed E-state index contributed by atoms with van der Waals surface area (Å²) in [4.78, 5) is 15.4. The fourth-order valence-corrected chi connectivity index (χ4v) is 6.16. The molecule has 2 aromatic rings. The molecule has 0 aromatic heterocycles. The van der Waals surface area contributed by atoms with E-state index in [1.54, 1.807) is 0 Å². The molecular formula is C22H18F3N3O5S2. The first-order valence-electron chi connectivity index (χ1n) is 10.2. The van der Waals surface area contributed by atoms with Gasteiger partial charge in [0.2, 0.25) is 0 Å². The van der Waals surface area contributed by atoms with E-state index in [4.69, 9.17) is 22.2 Å². The number of alkyl halides is 3. The van der Waals surface area contributed by atoms with Gasteiger partial charge in [0.25, 0.3) is 5.91 Å². The molecule has 0 aliphatic carbocycles. The standard InChI is InChI=1S/C22H18F3N3O5S2/c1-21(2)19(30)27(13-4-3-12(9-26)16(7-13)22(23,24)25)20(34)28(21)14-5-6-17-18(8-14)35(31,32)11-15(10-29)33-17/h3-8,15,29H,10-11H2,1-2H3/t15-/m0/s1. The number of aliphatic hydroxyl groups is 1. The first-order chi connectivity index (χ1) is 16.2. The number of nitriles is 1. The highest BCUT2D eigenvalue weighted by molar-refractivity contribution is 7.91. The minimum absolute atomic E-state index is 0.0343. The van der Waals surface area contributed by atoms with E-state index < -0.39 is 57.1 Å². The van der Waals surface area contributed by atoms with E-state index >= 15 is 0 Å². The maximum atomic E-state index is 13.5. The Labute approximate surface area is 204 Å². The molecule has 0 radical (unpaired) electrons. The number of ether oxygens (including phenoxy) is 1. The predicted octanol–water partition coefficient (Wildman–Crippen LogP) is 3.02. The van der Waals surface area contributed by atoms with Crippen LogP contribution < -0.4 is 14.5 Å². The van der Waals surface area contributed by atoms with Gasteiger partial charge in [0.15, 0.2) is 14.9 Å². The molecule has 0 unspecified atom stereocenters. The number of thiocarbonyl (C=S) groups is 1. The number of aliphatic hydroxyl groups excluding tert-OH is 1. The number of carbonyl (C=O) groups excluding carboxylic acids is 1. The highest BCUT2D eigenvalue weighted by Gasteiger charge is 2.51. The van der Waals surface area contributed by atoms with Crippen molar-refractivity contribution in [3.63, 3.8) is 0 Å². The van der Waals surface area contributed by atoms with Gasteiger partial charge in [0.05, 0.1) is 35.2 Å². The fraction of sp³-hybridized carbons (Fsp3) is 0.318. The molecule has 13 heteroatoms. The number of fused-ring (bicyclic) bond motifs is 1. The van der Waals surface area contributed by atoms with Gasteiger partial charge in [-0.05, 0) is 62.5 Å². The molecule has 1 N–H and O–H groups in total. The van der Waals surface area contributed by atoms with Crippen LogP contribution in [0.3, 0.4) is 0 Å². The van der Waals surface area contributed by atoms with Crippen LogP contribution in [0.1, 0.15) is 25.0 Å². The van der Waals surface area contributed by atoms with Gasteiger partial charge in [0.1, 0.15) is 22.3 Å². The highest BCUT2D eigenvalue weighted by Crippen LogP contribution is 2.42. The van der Waals surface area contributed by atoms with Crippen LogP contribution in [0.25, 0.3) is 0 Å². The van der Waals surface area contributed by atoms with Crippen molar-refractivity contribution in [3.8, 4) is 11.8 Å². The van der Waals surface area contributed by atoms with Crippen LogP contribution in [0.15, 0.2) is 41.3 Å². The summed E-state index contributed by atoms with van der Waals surface area (Å²) in [6, 6.07) is 8.45. The SMILES string of the molecule is CC1(C)C(=O)N(c2ccc(C#N)c(C(F)(F)F)c2)C(=S)N1c1ccc2c(c1)S(=O)(=O)C[C@H](CO)O2. The Kier molecular flexibility index (Phi) is 5.82. The maximum absolute atomic E-state index is 13.5. The van der Waals surface area contributed by atoms with Crippen LogP contribution in [0.4, 0.5) is 24.5 Å². The molecule has 2 heterocycles. The zero-order chi connectivity index (χ0) is 25.9. The Hall–Kier alpha value is -3.21. The Bertz CT molecular complexity index is 1400. The van der Waals surface area contributed by atoms with Gasteiger partial charge in [-0.2, -0.15) is 18.4 Å². The number of benzene rings is 2. The summed E-state index contributed by atoms with van der Waals surface area (Å²) in [5.74, 6) is -1.05. The summed E-state index contributed by atoms with van der Waals surface area (Å²) >= 11 is 5.47. The molecule has 35 heavy (non-hydrogen) atoms. The molecule has 2 aliphatic heterocycles. The average molecular weight is 526 g/mol. The summed E-state index contributed by atoms with van der Waals surface area (Å²) in [5.41, 5.74) is -3.16. The number of anilines is 2. The number of amides is 1. The molecule has 1 fully saturated rings. The molecule has 0 bridgehead atoms. The van der Waals surface area contributed by atoms with E-state index in [9.17, 15) is 31.5 Å². The number of hydrogen-bond acceptors (Lipinski definition) is 7. The van der Waals surface area contributed by atoms with Crippen molar-refractivity contribution in [2.75, 3.05) is 22.2 Å². The smallest absolute Gasteiger partial charge is 0.417 e. The molecule has 2 aliphatic rings. The van der Waals surface area contributed by atoms with Gasteiger partial charge in [-0.25, -0.2) is 8.42 Å². The van der Waals surface area contributed by atoms with Gasteiger partial charge in [-0.15, -0.1) is 0 Å². The largest absolute Gasteiger partial charge is 0.486 e. The van der Waals surface area contributed by atoms with Crippen molar-refractivity contribution in [2.24, 2.45) is 0 Å². The summed E-state index contributed by atoms with van der Waals surface area (Å²) in [7, 11) is -3.83. The number of sulfone groups is 1. The molecule has 0 saturated carbocycles. The number of halogens is 3. The van der Waals surface area contributed by atoms with Crippen LogP contribution in [0.5, 0.6) is 5.75 Å². The molecule has 1 saturated heterocycles. The number of nitrogens with zero attached hydrogens (tertiary/aromatic N) is 3. The predicted molar refractivity (Wildman–Crippen MR) is 123 cm³/mol. The summed E-state index contributed by atoms with van der Waals surface area (Å²) < 4.78 is 71.5. The Morgan fingerprint density at radius 3 is 2.49 bits per heavy atom. The molecule has 184 valence electrons. The van der Waals surface area contributed by atoms with E-state index in [-0.39, 0.29) is 27.1 Å². The first-order valence-corrected chi connectivity index (χ1v) is 12.2. The lowest BCUT2D eigenvalue weighted by Crippen LogP contribution is -2.44. The van der Waals surface area contributed by atoms with E-state index in [2.05, 4.69) is 0 Å². The van der Waals surface area contributed by atoms with E-state index in [0.29, 0.717) is 6.07 Å². The third kappa shape index (κ3) is 4.01. The quantitative estimate of drug-likeness (QED) is 0.609. The van der Waals surface area contributed by atoms with Crippen LogP contribution in [0.2, 0.25) is 0 Å². The molecule has 4 rings (SSSR count). The van der Waals surface area contributed by atoms with Gasteiger partial charge < -0.3 is 14.7 Å². The van der Waals surface area contributed by atoms with E-state index in [0.717, 1.165) is 11.0 Å². The minimum Gasteiger partial charge on any atom is -0.486 e. The van der Waals surface area contributed by atoms with Gasteiger partial charge in [0, 0.05) is 5.69 Å². The lowest BCUT2D eigenvalue weighted by Gasteiger charge is -2.31. The van der Waals surface area contributed by atoms with E-state index in [1.165, 1.54) is 49.1 Å². The Morgan fingerprint density at radius 1 is 1.23 bits per heavy atom. The monoisotopic (exact) mass is 525 g/mol. The zero-order valence-electron chi connectivity index (χ0n) is 18.3. The van der Waals surface area contributed by atoms with Gasteiger partial charge in [-0.3, -0.25) is 9.69 Å². The lowest BCUT2D eigenvalue weighted by molar-refractivity contribution is -0.137. The minimum atomic E-state index is -4.83. The third-order valence-electron chi connectivity index (χ3n) is 5.78. The summed E-state index contributed by atoms with van der Waals surface area (Å²) in [6.45, 7) is 2.52. The van der Waals surface area contributed by atoms with Crippen molar-refractivity contribution < 1.29 is 36.2 Å². The lowest BCUT2D eigenvalue weighted by atomic mass is 10.0. The van der Waals surface area contributed by atoms with Crippen LogP contribution >= 0.6 is 12.2 Å². The van der Waals surface area contributed by atoms with Crippen molar-refractivity contribution in [1.29, 1.82) is 5.26 Å². The highest BCUT2D eigenvalue weighted by atomic mass is 32.2. The van der Waals surface area contributed by atoms with Gasteiger partial charge in [-0.1, -0.05) is 0 Å². The van der Waals surface area contributed by atoms with Gasteiger partial charge >= 0.3 is 6.18 Å². The van der Waals surface area contributed by atoms with Crippen molar-refractivity contribution in [3.05, 3.63) is 47.5 Å². The van der Waals surface area contributed by atoms with Crippen LogP contribution in [-0.4, -0.2) is 48.5 Å². The van der Waals surface area contributed by atoms with Crippen molar-refractivity contribution in [2.45, 2.75) is 36.6 Å². The summed E-state index contributed by atoms with van der Waals surface area (Å²) in [5, 5.41) is 18.2. The third-order valence-corrected chi connectivity index (χ3v) is 7.94. The number of hydrogen-bond donors (Lipinski definition) is 1.